The van der Waals surface area contributed by atoms with Crippen molar-refractivity contribution in [3.63, 3.8) is 0 Å². The van der Waals surface area contributed by atoms with Crippen LogP contribution in [0.15, 0.2) is 54.6 Å². The molecule has 0 aromatic heterocycles. The molecule has 0 aliphatic heterocycles. The Kier molecular flexibility index (Phi) is 31.1. The van der Waals surface area contributed by atoms with E-state index < -0.39 is 29.2 Å². The Hall–Kier alpha value is 1.57. The van der Waals surface area contributed by atoms with Crippen molar-refractivity contribution in [1.29, 1.82) is 0 Å². The number of benzene rings is 3. The molecule has 3 aliphatic rings. The number of halogens is 1. The molecule has 63 heavy (non-hydrogen) atoms. The summed E-state index contributed by atoms with van der Waals surface area (Å²) in [5, 5.41) is 0. The molecule has 3 saturated carbocycles. The van der Waals surface area contributed by atoms with Crippen LogP contribution in [0.4, 0.5) is 0 Å². The predicted molar refractivity (Wildman–Crippen MR) is 225 cm³/mol. The predicted octanol–water partition coefficient (Wildman–Crippen LogP) is -2.08. The SMILES string of the molecule is CC(C)c1cccc([C@H](C)C2CC2)c1OCCl.CC(C)c1cccc([C@H](C)C2CC2)c1OCOP(=O)([O-])[O-].CC(C)c1cccc([C@H](C)C2CC2)c1OCOP(=O)([O-])[O-].[Na+].[Na+].[Na+].[Na+]. The summed E-state index contributed by atoms with van der Waals surface area (Å²) in [5.41, 5.74) is 6.71. The number of hydrogen-bond acceptors (Lipinski definition) is 11. The van der Waals surface area contributed by atoms with Crippen LogP contribution < -0.4 is 152 Å². The van der Waals surface area contributed by atoms with Crippen molar-refractivity contribution in [3.05, 3.63) is 88.0 Å². The number of phosphoric acid groups is 2. The van der Waals surface area contributed by atoms with Crippen LogP contribution in [0.5, 0.6) is 17.2 Å². The zero-order chi connectivity index (χ0) is 43.7. The smallest absolute Gasteiger partial charge is 0.790 e. The molecule has 0 bridgehead atoms. The maximum Gasteiger partial charge on any atom is 1.00 e. The molecule has 3 aromatic carbocycles. The van der Waals surface area contributed by atoms with Gasteiger partial charge in [0.15, 0.2) is 19.7 Å². The molecule has 0 radical (unpaired) electrons. The second-order valence-electron chi connectivity index (χ2n) is 17.1. The molecule has 11 nitrogen and oxygen atoms in total. The van der Waals surface area contributed by atoms with Crippen molar-refractivity contribution in [2.75, 3.05) is 19.7 Å². The van der Waals surface area contributed by atoms with E-state index in [-0.39, 0.29) is 136 Å². The zero-order valence-corrected chi connectivity index (χ0v) is 50.6. The molecule has 0 amide bonds. The van der Waals surface area contributed by atoms with E-state index in [1.807, 2.05) is 64.1 Å². The van der Waals surface area contributed by atoms with Crippen molar-refractivity contribution >= 4 is 27.2 Å². The summed E-state index contributed by atoms with van der Waals surface area (Å²) in [7, 11) is -10.0. The van der Waals surface area contributed by atoms with E-state index in [4.69, 9.17) is 25.8 Å². The quantitative estimate of drug-likeness (QED) is 0.0560. The molecule has 0 saturated heterocycles. The fourth-order valence-electron chi connectivity index (χ4n) is 7.56. The van der Waals surface area contributed by atoms with Crippen LogP contribution in [0.3, 0.4) is 0 Å². The first kappa shape index (κ1) is 64.6. The Labute approximate surface area is 470 Å². The summed E-state index contributed by atoms with van der Waals surface area (Å²) in [6.45, 7) is 18.0. The Balaban J connectivity index is 0.000000892. The number of hydrogen-bond donors (Lipinski definition) is 0. The minimum atomic E-state index is -5.01. The molecule has 3 aromatic rings. The third kappa shape index (κ3) is 21.6. The Morgan fingerprint density at radius 1 is 0.476 bits per heavy atom. The van der Waals surface area contributed by atoms with Gasteiger partial charge in [-0.3, -0.25) is 0 Å². The van der Waals surface area contributed by atoms with E-state index in [1.54, 1.807) is 0 Å². The van der Waals surface area contributed by atoms with Gasteiger partial charge in [-0.05, 0) is 125 Å². The van der Waals surface area contributed by atoms with Crippen LogP contribution in [0.1, 0.15) is 170 Å². The minimum Gasteiger partial charge on any atom is -0.790 e. The van der Waals surface area contributed by atoms with Gasteiger partial charge in [0.1, 0.15) is 17.2 Å². The molecule has 0 unspecified atom stereocenters. The largest absolute Gasteiger partial charge is 1.00 e. The van der Waals surface area contributed by atoms with Crippen LogP contribution >= 0.6 is 27.2 Å². The maximum atomic E-state index is 10.5. The third-order valence-electron chi connectivity index (χ3n) is 11.6. The number of para-hydroxylation sites is 3. The van der Waals surface area contributed by atoms with Gasteiger partial charge in [0.25, 0.3) is 0 Å². The van der Waals surface area contributed by atoms with Crippen LogP contribution in [0, 0.1) is 17.8 Å². The first-order valence-electron chi connectivity index (χ1n) is 20.9. The van der Waals surface area contributed by atoms with Gasteiger partial charge in [0.2, 0.25) is 0 Å². The topological polar surface area (TPSA) is 173 Å². The van der Waals surface area contributed by atoms with Gasteiger partial charge >= 0.3 is 118 Å². The van der Waals surface area contributed by atoms with Crippen molar-refractivity contribution < 1.29 is 170 Å². The van der Waals surface area contributed by atoms with E-state index in [0.29, 0.717) is 47.0 Å². The summed E-state index contributed by atoms with van der Waals surface area (Å²) in [5.74, 6) is 6.71. The van der Waals surface area contributed by atoms with Gasteiger partial charge in [-0.2, -0.15) is 0 Å². The molecule has 18 heteroatoms. The minimum absolute atomic E-state index is 0. The Morgan fingerprint density at radius 3 is 0.921 bits per heavy atom. The fourth-order valence-corrected chi connectivity index (χ4v) is 8.04. The standard InChI is InChI=1S/C15H21ClO.2C15H23O5P.4Na/c1-10(2)13-5-4-6-14(15(13)17-9-16)11(3)12-7-8-12;2*1-10(2)13-5-4-6-14(11(3)12-7-8-12)15(13)19-9-20-21(16,17)18;;;;/h4-6,10-12H,7-9H2,1-3H3;2*4-6,10-12H,7-9H2,1-3H3,(H2,16,17,18);;;;/q;;;4*+1/p-4/t3*11-;;;;/m111..../s1. The Morgan fingerprint density at radius 2 is 0.714 bits per heavy atom. The third-order valence-corrected chi connectivity index (χ3v) is 12.5. The average Bonchev–Trinajstić information content (AvgIpc) is 4.00. The molecule has 3 atom stereocenters. The average molecular weight is 969 g/mol. The van der Waals surface area contributed by atoms with Crippen molar-refractivity contribution in [1.82, 2.24) is 0 Å². The number of alkyl halides is 1. The van der Waals surface area contributed by atoms with Gasteiger partial charge in [-0.15, -0.1) is 0 Å². The van der Waals surface area contributed by atoms with Crippen LogP contribution in [-0.4, -0.2) is 19.7 Å². The molecular formula is C45H63ClNa4O11P2. The van der Waals surface area contributed by atoms with E-state index >= 15 is 0 Å². The summed E-state index contributed by atoms with van der Waals surface area (Å²) in [4.78, 5) is 42.2. The zero-order valence-electron chi connectivity index (χ0n) is 40.0. The van der Waals surface area contributed by atoms with Crippen LogP contribution in [0.25, 0.3) is 0 Å². The number of rotatable bonds is 19. The number of phosphoric ester groups is 2. The molecule has 0 N–H and O–H groups in total. The molecule has 330 valence electrons. The molecule has 0 spiro atoms. The maximum absolute atomic E-state index is 10.5. The molecular weight excluding hydrogens is 906 g/mol. The second kappa shape index (κ2) is 30.3. The van der Waals surface area contributed by atoms with Crippen molar-refractivity contribution in [2.45, 2.75) is 136 Å². The molecule has 0 heterocycles. The van der Waals surface area contributed by atoms with Crippen molar-refractivity contribution in [2.24, 2.45) is 17.8 Å². The molecule has 3 fully saturated rings. The van der Waals surface area contributed by atoms with E-state index in [1.165, 1.54) is 49.7 Å². The van der Waals surface area contributed by atoms with Gasteiger partial charge in [-0.1, -0.05) is 129 Å². The normalized spacial score (nSPS) is 16.0. The summed E-state index contributed by atoms with van der Waals surface area (Å²) >= 11 is 5.76. The van der Waals surface area contributed by atoms with Crippen LogP contribution in [0.2, 0.25) is 0 Å². The fraction of sp³-hybridized carbons (Fsp3) is 0.600. The van der Waals surface area contributed by atoms with E-state index in [2.05, 4.69) is 61.9 Å². The number of ether oxygens (including phenoxy) is 3. The first-order valence-corrected chi connectivity index (χ1v) is 24.3. The molecule has 3 aliphatic carbocycles. The van der Waals surface area contributed by atoms with Gasteiger partial charge in [0.05, 0.1) is 15.6 Å². The monoisotopic (exact) mass is 968 g/mol. The summed E-state index contributed by atoms with van der Waals surface area (Å²) in [6, 6.07) is 18.6. The molecule has 6 rings (SSSR count). The van der Waals surface area contributed by atoms with Crippen molar-refractivity contribution in [3.8, 4) is 17.2 Å². The summed E-state index contributed by atoms with van der Waals surface area (Å²) in [6.07, 6.45) is 7.54. The summed E-state index contributed by atoms with van der Waals surface area (Å²) < 4.78 is 46.2. The van der Waals surface area contributed by atoms with Gasteiger partial charge < -0.3 is 52.0 Å². The van der Waals surface area contributed by atoms with E-state index in [9.17, 15) is 28.7 Å². The first-order chi connectivity index (χ1) is 27.7. The van der Waals surface area contributed by atoms with Crippen LogP contribution in [-0.2, 0) is 18.2 Å². The van der Waals surface area contributed by atoms with Gasteiger partial charge in [0, 0.05) is 0 Å². The van der Waals surface area contributed by atoms with Gasteiger partial charge in [-0.25, -0.2) is 0 Å². The second-order valence-corrected chi connectivity index (χ2v) is 19.6. The van der Waals surface area contributed by atoms with E-state index in [0.717, 1.165) is 33.9 Å². The Bertz CT molecular complexity index is 1800.